The van der Waals surface area contributed by atoms with Gasteiger partial charge < -0.3 is 36.0 Å². The first kappa shape index (κ1) is 29.8. The van der Waals surface area contributed by atoms with Crippen LogP contribution in [0.1, 0.15) is 27.7 Å². The molecule has 5 atom stereocenters. The Kier molecular flexibility index (Phi) is 8.97. The molecular formula is C16H22Cl3NO11. The van der Waals surface area contributed by atoms with E-state index in [0.29, 0.717) is 27.7 Å². The van der Waals surface area contributed by atoms with Crippen LogP contribution < -0.4 is 5.73 Å². The number of halogens is 3. The molecule has 1 aliphatic rings. The minimum Gasteiger partial charge on any atom is -0.394 e. The largest absolute Gasteiger partial charge is 0.394 e. The summed E-state index contributed by atoms with van der Waals surface area (Å²) in [5.41, 5.74) is -6.14. The van der Waals surface area contributed by atoms with Gasteiger partial charge in [-0.2, -0.15) is 0 Å². The smallest absolute Gasteiger partial charge is 0.269 e. The van der Waals surface area contributed by atoms with E-state index >= 15 is 0 Å². The minimum absolute atomic E-state index is 0.616. The number of aliphatic hydroxyl groups is 5. The maximum Gasteiger partial charge on any atom is 0.269 e. The van der Waals surface area contributed by atoms with Crippen molar-refractivity contribution < 1.29 is 54.2 Å². The molecule has 1 amide bonds. The molecule has 1 rings (SSSR count). The van der Waals surface area contributed by atoms with Gasteiger partial charge in [0.15, 0.2) is 28.7 Å². The summed E-state index contributed by atoms with van der Waals surface area (Å²) in [5.74, 6) is -10.2. The molecule has 1 saturated heterocycles. The van der Waals surface area contributed by atoms with Crippen LogP contribution in [0.25, 0.3) is 0 Å². The van der Waals surface area contributed by atoms with Crippen molar-refractivity contribution in [2.75, 3.05) is 6.61 Å². The van der Waals surface area contributed by atoms with Crippen molar-refractivity contribution in [1.82, 2.24) is 0 Å². The van der Waals surface area contributed by atoms with Crippen LogP contribution in [-0.4, -0.2) is 93.7 Å². The third-order valence-electron chi connectivity index (χ3n) is 4.82. The fourth-order valence-corrected chi connectivity index (χ4v) is 3.14. The Balaban J connectivity index is 0.00000110. The monoisotopic (exact) mass is 509 g/mol. The highest BCUT2D eigenvalue weighted by atomic mass is 35.6. The maximum absolute atomic E-state index is 12.1. The van der Waals surface area contributed by atoms with Gasteiger partial charge in [-0.05, 0) is 20.8 Å². The van der Waals surface area contributed by atoms with Gasteiger partial charge in [0.25, 0.3) is 15.5 Å². The number of aliphatic hydroxyl groups excluding tert-OH is 1. The number of carbonyl (C=O) groups is 5. The van der Waals surface area contributed by atoms with Gasteiger partial charge in [0, 0.05) is 6.92 Å². The first-order valence-corrected chi connectivity index (χ1v) is 9.36. The van der Waals surface area contributed by atoms with Gasteiger partial charge in [0.1, 0.15) is 6.10 Å². The number of alkyl halides is 3. The number of primary amides is 1. The molecule has 7 N–H and O–H groups in total. The molecule has 12 nitrogen and oxygen atoms in total. The summed E-state index contributed by atoms with van der Waals surface area (Å²) in [6, 6.07) is 0. The lowest BCUT2D eigenvalue weighted by Gasteiger charge is -2.59. The predicted octanol–water partition coefficient (Wildman–Crippen LogP) is -2.54. The van der Waals surface area contributed by atoms with Gasteiger partial charge in [-0.1, -0.05) is 34.8 Å². The fourth-order valence-electron chi connectivity index (χ4n) is 3.14. The number of amides is 1. The zero-order valence-electron chi connectivity index (χ0n) is 16.7. The molecular weight excluding hydrogens is 489 g/mol. The molecule has 1 heterocycles. The normalized spacial score (nSPS) is 35.4. The van der Waals surface area contributed by atoms with Crippen molar-refractivity contribution in [3.63, 3.8) is 0 Å². The average Bonchev–Trinajstić information content (AvgIpc) is 2.61. The van der Waals surface area contributed by atoms with Crippen molar-refractivity contribution in [3.8, 4) is 0 Å². The molecule has 0 aromatic rings. The Bertz CT molecular complexity index is 800. The van der Waals surface area contributed by atoms with E-state index in [1.54, 1.807) is 0 Å². The van der Waals surface area contributed by atoms with Gasteiger partial charge in [-0.3, -0.25) is 24.0 Å². The number of Topliss-reactive ketones (excluding diaryl/α,β-unsaturated/α-hetero) is 4. The highest BCUT2D eigenvalue weighted by Gasteiger charge is 2.83. The summed E-state index contributed by atoms with van der Waals surface area (Å²) in [6.45, 7) is 1.40. The Labute approximate surface area is 190 Å². The highest BCUT2D eigenvalue weighted by molar-refractivity contribution is 6.76. The van der Waals surface area contributed by atoms with Crippen LogP contribution in [0.15, 0.2) is 0 Å². The van der Waals surface area contributed by atoms with Crippen molar-refractivity contribution in [2.24, 2.45) is 5.73 Å². The Morgan fingerprint density at radius 2 is 1.19 bits per heavy atom. The van der Waals surface area contributed by atoms with Crippen molar-refractivity contribution in [1.29, 1.82) is 0 Å². The molecule has 0 aromatic heterocycles. The molecule has 0 unspecified atom stereocenters. The number of nitrogens with two attached hydrogens (primary N) is 1. The van der Waals surface area contributed by atoms with Crippen LogP contribution >= 0.6 is 34.8 Å². The molecule has 15 heteroatoms. The number of hydrogen-bond acceptors (Lipinski definition) is 11. The fraction of sp³-hybridized carbons (Fsp3) is 0.688. The summed E-state index contributed by atoms with van der Waals surface area (Å²) in [7, 11) is 0. The van der Waals surface area contributed by atoms with Gasteiger partial charge in [0.2, 0.25) is 11.2 Å². The first-order valence-electron chi connectivity index (χ1n) is 8.22. The summed E-state index contributed by atoms with van der Waals surface area (Å²) in [6.07, 6.45) is -2.18. The quantitative estimate of drug-likeness (QED) is 0.211. The summed E-state index contributed by atoms with van der Waals surface area (Å²) in [4.78, 5) is 57.8. The molecule has 1 fully saturated rings. The summed E-state index contributed by atoms with van der Waals surface area (Å²) >= 11 is 14.8. The lowest BCUT2D eigenvalue weighted by atomic mass is 9.57. The van der Waals surface area contributed by atoms with E-state index in [0.717, 1.165) is 0 Å². The maximum atomic E-state index is 12.1. The van der Waals surface area contributed by atoms with E-state index in [9.17, 15) is 49.5 Å². The van der Waals surface area contributed by atoms with Crippen LogP contribution in [-0.2, 0) is 28.7 Å². The summed E-state index contributed by atoms with van der Waals surface area (Å²) < 4.78 is 2.84. The number of ketones is 4. The Morgan fingerprint density at radius 1 is 0.839 bits per heavy atom. The van der Waals surface area contributed by atoms with Crippen LogP contribution in [0.5, 0.6) is 0 Å². The minimum atomic E-state index is -3.70. The van der Waals surface area contributed by atoms with E-state index in [1.165, 1.54) is 0 Å². The summed E-state index contributed by atoms with van der Waals surface area (Å²) in [5, 5.41) is 52.0. The molecule has 0 radical (unpaired) electrons. The van der Waals surface area contributed by atoms with E-state index in [4.69, 9.17) is 39.5 Å². The van der Waals surface area contributed by atoms with E-state index in [2.05, 4.69) is 5.73 Å². The lowest BCUT2D eigenvalue weighted by molar-refractivity contribution is -0.390. The second-order valence-corrected chi connectivity index (χ2v) is 8.99. The third kappa shape index (κ3) is 4.36. The molecule has 1 aliphatic heterocycles. The number of hydrogen-bond donors (Lipinski definition) is 6. The predicted molar refractivity (Wildman–Crippen MR) is 104 cm³/mol. The van der Waals surface area contributed by atoms with Crippen LogP contribution in [0.2, 0.25) is 0 Å². The molecule has 178 valence electrons. The van der Waals surface area contributed by atoms with Gasteiger partial charge in [-0.15, -0.1) is 0 Å². The molecule has 0 spiro atoms. The van der Waals surface area contributed by atoms with Gasteiger partial charge in [0.05, 0.1) is 6.61 Å². The van der Waals surface area contributed by atoms with Crippen LogP contribution in [0.4, 0.5) is 0 Å². The average molecular weight is 511 g/mol. The standard InChI is InChI=1S/C14H20O10.C2H2Cl3NO/c1-6(16)11(20)10(5-15)24-14(23,9(4)19)13(22,8(3)18)12(11,21)7(2)17;3-2(4,5)1(6)7/h10,15,20-23H,5H2,1-4H3;(H2,6,7)/t10-,11-,12+,13-,14-;/m1./s1. The van der Waals surface area contributed by atoms with Crippen molar-refractivity contribution >= 4 is 63.8 Å². The first-order chi connectivity index (χ1) is 13.6. The SMILES string of the molecule is CC(=O)[C@@]1(O)[C@](O)(C(C)=O)[C@@](O)(C(C)=O)O[C@H](CO)[C@]1(O)C(C)=O.NC(=O)C(Cl)(Cl)Cl. The Morgan fingerprint density at radius 3 is 1.39 bits per heavy atom. The molecule has 0 saturated carbocycles. The molecule has 0 aliphatic carbocycles. The molecule has 31 heavy (non-hydrogen) atoms. The van der Waals surface area contributed by atoms with Crippen molar-refractivity contribution in [2.45, 2.75) is 60.2 Å². The van der Waals surface area contributed by atoms with Crippen LogP contribution in [0.3, 0.4) is 0 Å². The number of ether oxygens (including phenoxy) is 1. The topological polar surface area (TPSA) is 222 Å². The second kappa shape index (κ2) is 9.33. The van der Waals surface area contributed by atoms with Gasteiger partial charge in [-0.25, -0.2) is 0 Å². The zero-order chi connectivity index (χ0) is 25.4. The van der Waals surface area contributed by atoms with E-state index < -0.39 is 68.1 Å². The lowest BCUT2D eigenvalue weighted by Crippen LogP contribution is -2.90. The van der Waals surface area contributed by atoms with Crippen molar-refractivity contribution in [3.05, 3.63) is 0 Å². The number of rotatable bonds is 5. The molecule has 0 bridgehead atoms. The van der Waals surface area contributed by atoms with Crippen LogP contribution in [0, 0.1) is 0 Å². The highest BCUT2D eigenvalue weighted by Crippen LogP contribution is 2.50. The van der Waals surface area contributed by atoms with E-state index in [-0.39, 0.29) is 0 Å². The van der Waals surface area contributed by atoms with E-state index in [1.807, 2.05) is 0 Å². The number of carbonyl (C=O) groups excluding carboxylic acids is 5. The second-order valence-electron chi connectivity index (χ2n) is 6.71. The zero-order valence-corrected chi connectivity index (χ0v) is 18.9. The molecule has 0 aromatic carbocycles. The third-order valence-corrected chi connectivity index (χ3v) is 5.38. The Hall–Kier alpha value is -1.22. The van der Waals surface area contributed by atoms with Gasteiger partial charge >= 0.3 is 0 Å².